The van der Waals surface area contributed by atoms with Crippen molar-refractivity contribution in [3.05, 3.63) is 27.5 Å². The molecule has 0 bridgehead atoms. The highest BCUT2D eigenvalue weighted by atomic mass is 79.9. The van der Waals surface area contributed by atoms with Gasteiger partial charge in [-0.15, -0.1) is 0 Å². The predicted molar refractivity (Wildman–Crippen MR) is 55.5 cm³/mol. The van der Waals surface area contributed by atoms with Crippen molar-refractivity contribution in [2.45, 2.75) is 33.6 Å². The fraction of sp³-hybridized carbons (Fsp3) is 0.500. The standard InChI is InChI=1S/C10H14BrN/c1-6(2)9-5-7(3)12-10(11)8(9)4/h5-6H,1-4H3. The summed E-state index contributed by atoms with van der Waals surface area (Å²) in [4.78, 5) is 4.33. The molecular weight excluding hydrogens is 214 g/mol. The van der Waals surface area contributed by atoms with Gasteiger partial charge in [0, 0.05) is 5.69 Å². The van der Waals surface area contributed by atoms with Crippen molar-refractivity contribution in [3.63, 3.8) is 0 Å². The molecule has 0 aliphatic carbocycles. The molecule has 0 atom stereocenters. The van der Waals surface area contributed by atoms with E-state index in [4.69, 9.17) is 0 Å². The Bertz CT molecular complexity index is 292. The fourth-order valence-electron chi connectivity index (χ4n) is 1.32. The molecule has 0 saturated heterocycles. The van der Waals surface area contributed by atoms with Crippen LogP contribution in [-0.4, -0.2) is 4.98 Å². The van der Waals surface area contributed by atoms with Crippen molar-refractivity contribution in [1.29, 1.82) is 0 Å². The Morgan fingerprint density at radius 1 is 1.33 bits per heavy atom. The van der Waals surface area contributed by atoms with Gasteiger partial charge in [-0.05, 0) is 52.9 Å². The molecule has 1 heterocycles. The molecule has 0 aromatic carbocycles. The molecule has 0 fully saturated rings. The smallest absolute Gasteiger partial charge is 0.109 e. The van der Waals surface area contributed by atoms with E-state index in [0.29, 0.717) is 5.92 Å². The molecule has 0 saturated carbocycles. The Morgan fingerprint density at radius 3 is 2.42 bits per heavy atom. The Morgan fingerprint density at radius 2 is 1.92 bits per heavy atom. The molecule has 1 nitrogen and oxygen atoms in total. The average molecular weight is 228 g/mol. The van der Waals surface area contributed by atoms with Gasteiger partial charge < -0.3 is 0 Å². The van der Waals surface area contributed by atoms with E-state index in [-0.39, 0.29) is 0 Å². The average Bonchev–Trinajstić information content (AvgIpc) is 1.96. The SMILES string of the molecule is Cc1cc(C(C)C)c(C)c(Br)n1. The summed E-state index contributed by atoms with van der Waals surface area (Å²) in [6.07, 6.45) is 0. The second kappa shape index (κ2) is 3.56. The van der Waals surface area contributed by atoms with Gasteiger partial charge in [0.25, 0.3) is 0 Å². The summed E-state index contributed by atoms with van der Waals surface area (Å²) in [6.45, 7) is 8.53. The topological polar surface area (TPSA) is 12.9 Å². The number of hydrogen-bond acceptors (Lipinski definition) is 1. The number of aryl methyl sites for hydroxylation is 1. The third-order valence-corrected chi connectivity index (χ3v) is 2.78. The van der Waals surface area contributed by atoms with Gasteiger partial charge in [-0.2, -0.15) is 0 Å². The van der Waals surface area contributed by atoms with E-state index in [2.05, 4.69) is 47.8 Å². The lowest BCUT2D eigenvalue weighted by Crippen LogP contribution is -1.96. The highest BCUT2D eigenvalue weighted by Gasteiger charge is 2.07. The molecule has 1 aromatic heterocycles. The third kappa shape index (κ3) is 1.86. The zero-order valence-electron chi connectivity index (χ0n) is 7.98. The molecular formula is C10H14BrN. The first-order valence-electron chi connectivity index (χ1n) is 4.16. The van der Waals surface area contributed by atoms with E-state index in [1.54, 1.807) is 0 Å². The van der Waals surface area contributed by atoms with Crippen LogP contribution in [0.15, 0.2) is 10.7 Å². The van der Waals surface area contributed by atoms with E-state index >= 15 is 0 Å². The molecule has 66 valence electrons. The van der Waals surface area contributed by atoms with Crippen LogP contribution >= 0.6 is 15.9 Å². The number of nitrogens with zero attached hydrogens (tertiary/aromatic N) is 1. The van der Waals surface area contributed by atoms with Gasteiger partial charge in [0.2, 0.25) is 0 Å². The first-order chi connectivity index (χ1) is 5.52. The summed E-state index contributed by atoms with van der Waals surface area (Å²) >= 11 is 3.45. The molecule has 0 spiro atoms. The Kier molecular flexibility index (Phi) is 2.89. The lowest BCUT2D eigenvalue weighted by atomic mass is 9.99. The maximum atomic E-state index is 4.33. The summed E-state index contributed by atoms with van der Waals surface area (Å²) < 4.78 is 0.978. The van der Waals surface area contributed by atoms with Crippen LogP contribution in [0.1, 0.15) is 36.6 Å². The Hall–Kier alpha value is -0.370. The van der Waals surface area contributed by atoms with Gasteiger partial charge in [-0.3, -0.25) is 0 Å². The molecule has 2 heteroatoms. The van der Waals surface area contributed by atoms with E-state index < -0.39 is 0 Å². The normalized spacial score (nSPS) is 10.8. The van der Waals surface area contributed by atoms with E-state index in [1.807, 2.05) is 6.92 Å². The molecule has 0 unspecified atom stereocenters. The number of aromatic nitrogens is 1. The minimum Gasteiger partial charge on any atom is -0.246 e. The highest BCUT2D eigenvalue weighted by molar-refractivity contribution is 9.10. The molecule has 0 radical (unpaired) electrons. The minimum atomic E-state index is 0.572. The van der Waals surface area contributed by atoms with Crippen molar-refractivity contribution >= 4 is 15.9 Å². The zero-order chi connectivity index (χ0) is 9.30. The fourth-order valence-corrected chi connectivity index (χ4v) is 1.83. The van der Waals surface area contributed by atoms with Crippen LogP contribution < -0.4 is 0 Å². The largest absolute Gasteiger partial charge is 0.246 e. The van der Waals surface area contributed by atoms with Crippen LogP contribution in [0.25, 0.3) is 0 Å². The molecule has 1 aromatic rings. The van der Waals surface area contributed by atoms with E-state index in [0.717, 1.165) is 10.3 Å². The molecule has 0 aliphatic heterocycles. The first-order valence-corrected chi connectivity index (χ1v) is 4.95. The van der Waals surface area contributed by atoms with Crippen LogP contribution in [0.5, 0.6) is 0 Å². The number of halogens is 1. The van der Waals surface area contributed by atoms with Crippen molar-refractivity contribution in [1.82, 2.24) is 4.98 Å². The minimum absolute atomic E-state index is 0.572. The summed E-state index contributed by atoms with van der Waals surface area (Å²) in [5.41, 5.74) is 3.72. The van der Waals surface area contributed by atoms with Crippen LogP contribution in [0.2, 0.25) is 0 Å². The maximum absolute atomic E-state index is 4.33. The second-order valence-corrected chi connectivity index (χ2v) is 4.17. The van der Waals surface area contributed by atoms with Crippen LogP contribution in [0, 0.1) is 13.8 Å². The van der Waals surface area contributed by atoms with Crippen LogP contribution in [0.3, 0.4) is 0 Å². The summed E-state index contributed by atoms with van der Waals surface area (Å²) in [7, 11) is 0. The lowest BCUT2D eigenvalue weighted by molar-refractivity contribution is 0.844. The van der Waals surface area contributed by atoms with Crippen LogP contribution in [0.4, 0.5) is 0 Å². The highest BCUT2D eigenvalue weighted by Crippen LogP contribution is 2.24. The number of pyridine rings is 1. The maximum Gasteiger partial charge on any atom is 0.109 e. The van der Waals surface area contributed by atoms with Gasteiger partial charge in [-0.1, -0.05) is 13.8 Å². The second-order valence-electron chi connectivity index (χ2n) is 3.42. The molecule has 12 heavy (non-hydrogen) atoms. The van der Waals surface area contributed by atoms with Crippen molar-refractivity contribution in [2.24, 2.45) is 0 Å². The Labute approximate surface area is 82.3 Å². The van der Waals surface area contributed by atoms with Gasteiger partial charge >= 0.3 is 0 Å². The van der Waals surface area contributed by atoms with Crippen molar-refractivity contribution in [3.8, 4) is 0 Å². The van der Waals surface area contributed by atoms with E-state index in [1.165, 1.54) is 11.1 Å². The van der Waals surface area contributed by atoms with Crippen molar-refractivity contribution < 1.29 is 0 Å². The quantitative estimate of drug-likeness (QED) is 0.669. The summed E-state index contributed by atoms with van der Waals surface area (Å²) in [5, 5.41) is 0. The van der Waals surface area contributed by atoms with Crippen molar-refractivity contribution in [2.75, 3.05) is 0 Å². The first kappa shape index (κ1) is 9.72. The molecule has 0 aliphatic rings. The number of rotatable bonds is 1. The third-order valence-electron chi connectivity index (χ3n) is 2.00. The van der Waals surface area contributed by atoms with Gasteiger partial charge in [0.1, 0.15) is 4.60 Å². The lowest BCUT2D eigenvalue weighted by Gasteiger charge is -2.11. The zero-order valence-corrected chi connectivity index (χ0v) is 9.57. The Balaban J connectivity index is 3.28. The summed E-state index contributed by atoms with van der Waals surface area (Å²) in [5.74, 6) is 0.572. The predicted octanol–water partition coefficient (Wildman–Crippen LogP) is 3.58. The number of hydrogen-bond donors (Lipinski definition) is 0. The van der Waals surface area contributed by atoms with Gasteiger partial charge in [0.05, 0.1) is 0 Å². The van der Waals surface area contributed by atoms with Gasteiger partial charge in [-0.25, -0.2) is 4.98 Å². The van der Waals surface area contributed by atoms with Crippen LogP contribution in [-0.2, 0) is 0 Å². The summed E-state index contributed by atoms with van der Waals surface area (Å²) in [6, 6.07) is 2.16. The molecule has 1 rings (SSSR count). The molecule has 0 amide bonds. The monoisotopic (exact) mass is 227 g/mol. The van der Waals surface area contributed by atoms with E-state index in [9.17, 15) is 0 Å². The van der Waals surface area contributed by atoms with Gasteiger partial charge in [0.15, 0.2) is 0 Å². The molecule has 0 N–H and O–H groups in total.